The van der Waals surface area contributed by atoms with Crippen LogP contribution >= 0.6 is 0 Å². The van der Waals surface area contributed by atoms with Gasteiger partial charge in [0.05, 0.1) is 18.1 Å². The number of para-hydroxylation sites is 1. The van der Waals surface area contributed by atoms with Gasteiger partial charge in [-0.25, -0.2) is 9.48 Å². The number of amides is 2. The second kappa shape index (κ2) is 6.87. The highest BCUT2D eigenvalue weighted by Crippen LogP contribution is 2.24. The Balaban J connectivity index is 1.51. The van der Waals surface area contributed by atoms with E-state index >= 15 is 0 Å². The first-order valence-electron chi connectivity index (χ1n) is 8.52. The second-order valence-electron chi connectivity index (χ2n) is 6.30. The standard InChI is InChI=1S/C19H20N6O/c1-23-11-12-24(14-15-5-2-3-8-18(15)23)19(26)21-16-6-4-7-17(13-16)25-10-9-20-22-25/h2-10,13H,11-12,14H2,1H3,(H,21,26). The van der Waals surface area contributed by atoms with Crippen LogP contribution in [0.2, 0.25) is 0 Å². The zero-order chi connectivity index (χ0) is 17.9. The highest BCUT2D eigenvalue weighted by molar-refractivity contribution is 5.89. The highest BCUT2D eigenvalue weighted by Gasteiger charge is 2.21. The lowest BCUT2D eigenvalue weighted by atomic mass is 10.1. The molecule has 0 unspecified atom stereocenters. The molecule has 0 fully saturated rings. The van der Waals surface area contributed by atoms with E-state index < -0.39 is 0 Å². The third-order valence-corrected chi connectivity index (χ3v) is 4.54. The summed E-state index contributed by atoms with van der Waals surface area (Å²) in [5.74, 6) is 0. The molecule has 1 aromatic heterocycles. The predicted octanol–water partition coefficient (Wildman–Crippen LogP) is 2.75. The number of hydrogen-bond donors (Lipinski definition) is 1. The van der Waals surface area contributed by atoms with E-state index in [0.29, 0.717) is 13.1 Å². The summed E-state index contributed by atoms with van der Waals surface area (Å²) in [6.07, 6.45) is 3.39. The summed E-state index contributed by atoms with van der Waals surface area (Å²) in [4.78, 5) is 16.8. The molecule has 1 N–H and O–H groups in total. The summed E-state index contributed by atoms with van der Waals surface area (Å²) in [5.41, 5.74) is 3.91. The molecule has 132 valence electrons. The Labute approximate surface area is 151 Å². The van der Waals surface area contributed by atoms with Crippen LogP contribution in [0, 0.1) is 0 Å². The Morgan fingerprint density at radius 2 is 2.00 bits per heavy atom. The molecule has 0 saturated heterocycles. The lowest BCUT2D eigenvalue weighted by Crippen LogP contribution is -2.37. The Morgan fingerprint density at radius 1 is 1.12 bits per heavy atom. The molecule has 7 heteroatoms. The highest BCUT2D eigenvalue weighted by atomic mass is 16.2. The number of rotatable bonds is 2. The summed E-state index contributed by atoms with van der Waals surface area (Å²) in [5, 5.41) is 10.8. The van der Waals surface area contributed by atoms with E-state index in [1.807, 2.05) is 41.3 Å². The third-order valence-electron chi connectivity index (χ3n) is 4.54. The second-order valence-corrected chi connectivity index (χ2v) is 6.30. The molecule has 0 spiro atoms. The van der Waals surface area contributed by atoms with E-state index in [4.69, 9.17) is 0 Å². The molecule has 4 rings (SSSR count). The molecular weight excluding hydrogens is 328 g/mol. The van der Waals surface area contributed by atoms with Gasteiger partial charge in [0.1, 0.15) is 0 Å². The summed E-state index contributed by atoms with van der Waals surface area (Å²) in [7, 11) is 2.06. The number of aromatic nitrogens is 3. The fourth-order valence-corrected chi connectivity index (χ4v) is 3.14. The van der Waals surface area contributed by atoms with Gasteiger partial charge in [0.2, 0.25) is 0 Å². The first-order chi connectivity index (χ1) is 12.7. The molecule has 0 atom stereocenters. The van der Waals surface area contributed by atoms with Crippen LogP contribution in [0.5, 0.6) is 0 Å². The minimum absolute atomic E-state index is 0.106. The Hall–Kier alpha value is -3.35. The lowest BCUT2D eigenvalue weighted by molar-refractivity contribution is 0.212. The molecule has 0 saturated carbocycles. The minimum Gasteiger partial charge on any atom is -0.373 e. The molecule has 2 heterocycles. The van der Waals surface area contributed by atoms with E-state index in [1.165, 1.54) is 5.69 Å². The van der Waals surface area contributed by atoms with Crippen molar-refractivity contribution in [2.24, 2.45) is 0 Å². The van der Waals surface area contributed by atoms with Crippen molar-refractivity contribution in [2.75, 3.05) is 30.4 Å². The normalized spacial score (nSPS) is 13.9. The van der Waals surface area contributed by atoms with Gasteiger partial charge in [0.15, 0.2) is 0 Å². The first-order valence-corrected chi connectivity index (χ1v) is 8.52. The van der Waals surface area contributed by atoms with Crippen LogP contribution in [0.3, 0.4) is 0 Å². The van der Waals surface area contributed by atoms with Gasteiger partial charge in [-0.1, -0.05) is 29.5 Å². The van der Waals surface area contributed by atoms with Gasteiger partial charge < -0.3 is 15.1 Å². The van der Waals surface area contributed by atoms with Crippen LogP contribution in [0.15, 0.2) is 60.9 Å². The number of nitrogens with one attached hydrogen (secondary N) is 1. The number of nitrogens with zero attached hydrogens (tertiary/aromatic N) is 5. The quantitative estimate of drug-likeness (QED) is 0.773. The van der Waals surface area contributed by atoms with Crippen LogP contribution in [0.25, 0.3) is 5.69 Å². The van der Waals surface area contributed by atoms with Crippen molar-refractivity contribution in [3.63, 3.8) is 0 Å². The molecule has 2 amide bonds. The molecule has 1 aliphatic rings. The number of benzene rings is 2. The van der Waals surface area contributed by atoms with Gasteiger partial charge in [-0.15, -0.1) is 5.10 Å². The molecular formula is C19H20N6O. The van der Waals surface area contributed by atoms with Crippen LogP contribution < -0.4 is 10.2 Å². The van der Waals surface area contributed by atoms with E-state index in [1.54, 1.807) is 17.1 Å². The Bertz CT molecular complexity index is 908. The van der Waals surface area contributed by atoms with Crippen molar-refractivity contribution in [3.05, 3.63) is 66.5 Å². The summed E-state index contributed by atoms with van der Waals surface area (Å²) < 4.78 is 1.66. The van der Waals surface area contributed by atoms with Gasteiger partial charge >= 0.3 is 6.03 Å². The van der Waals surface area contributed by atoms with Gasteiger partial charge in [0, 0.05) is 38.1 Å². The van der Waals surface area contributed by atoms with E-state index in [0.717, 1.165) is 23.5 Å². The van der Waals surface area contributed by atoms with Crippen LogP contribution in [0.4, 0.5) is 16.2 Å². The molecule has 7 nitrogen and oxygen atoms in total. The van der Waals surface area contributed by atoms with E-state index in [9.17, 15) is 4.79 Å². The zero-order valence-corrected chi connectivity index (χ0v) is 14.5. The Morgan fingerprint density at radius 3 is 2.85 bits per heavy atom. The van der Waals surface area contributed by atoms with Crippen molar-refractivity contribution in [3.8, 4) is 5.69 Å². The number of fused-ring (bicyclic) bond motifs is 1. The molecule has 26 heavy (non-hydrogen) atoms. The maximum Gasteiger partial charge on any atom is 0.322 e. The van der Waals surface area contributed by atoms with Crippen molar-refractivity contribution in [2.45, 2.75) is 6.54 Å². The lowest BCUT2D eigenvalue weighted by Gasteiger charge is -2.21. The van der Waals surface area contributed by atoms with Crippen LogP contribution in [-0.2, 0) is 6.54 Å². The van der Waals surface area contributed by atoms with Crippen molar-refractivity contribution in [1.29, 1.82) is 0 Å². The fourth-order valence-electron chi connectivity index (χ4n) is 3.14. The van der Waals surface area contributed by atoms with Crippen molar-refractivity contribution >= 4 is 17.4 Å². The molecule has 1 aliphatic heterocycles. The first kappa shape index (κ1) is 16.1. The SMILES string of the molecule is CN1CCN(C(=O)Nc2cccc(-n3ccnn3)c2)Cc2ccccc21. The number of carbonyl (C=O) groups excluding carboxylic acids is 1. The summed E-state index contributed by atoms with van der Waals surface area (Å²) in [6, 6.07) is 15.7. The maximum absolute atomic E-state index is 12.8. The molecule has 0 bridgehead atoms. The molecule has 2 aromatic carbocycles. The van der Waals surface area contributed by atoms with Crippen molar-refractivity contribution in [1.82, 2.24) is 19.9 Å². The van der Waals surface area contributed by atoms with Gasteiger partial charge in [-0.3, -0.25) is 0 Å². The van der Waals surface area contributed by atoms with Gasteiger partial charge in [-0.05, 0) is 29.8 Å². The molecule has 0 aliphatic carbocycles. The number of likely N-dealkylation sites (N-methyl/N-ethyl adjacent to an activating group) is 1. The minimum atomic E-state index is -0.106. The number of urea groups is 1. The number of carbonyl (C=O) groups is 1. The maximum atomic E-state index is 12.8. The monoisotopic (exact) mass is 348 g/mol. The Kier molecular flexibility index (Phi) is 4.27. The van der Waals surface area contributed by atoms with Crippen LogP contribution in [0.1, 0.15) is 5.56 Å². The van der Waals surface area contributed by atoms with E-state index in [2.05, 4.69) is 39.7 Å². The zero-order valence-electron chi connectivity index (χ0n) is 14.5. The van der Waals surface area contributed by atoms with Crippen LogP contribution in [-0.4, -0.2) is 46.1 Å². The molecule has 3 aromatic rings. The number of hydrogen-bond acceptors (Lipinski definition) is 4. The smallest absolute Gasteiger partial charge is 0.322 e. The van der Waals surface area contributed by atoms with Gasteiger partial charge in [0.25, 0.3) is 0 Å². The largest absolute Gasteiger partial charge is 0.373 e. The van der Waals surface area contributed by atoms with E-state index in [-0.39, 0.29) is 6.03 Å². The van der Waals surface area contributed by atoms with Gasteiger partial charge in [-0.2, -0.15) is 0 Å². The average molecular weight is 348 g/mol. The van der Waals surface area contributed by atoms with Crippen molar-refractivity contribution < 1.29 is 4.79 Å². The summed E-state index contributed by atoms with van der Waals surface area (Å²) in [6.45, 7) is 2.05. The average Bonchev–Trinajstić information content (AvgIpc) is 3.14. The number of anilines is 2. The summed E-state index contributed by atoms with van der Waals surface area (Å²) >= 11 is 0. The molecule has 0 radical (unpaired) electrons. The topological polar surface area (TPSA) is 66.3 Å². The predicted molar refractivity (Wildman–Crippen MR) is 100 cm³/mol. The fraction of sp³-hybridized carbons (Fsp3) is 0.211. The third kappa shape index (κ3) is 3.23.